The number of guanidine groups is 1. The van der Waals surface area contributed by atoms with Crippen LogP contribution in [-0.4, -0.2) is 74.7 Å². The van der Waals surface area contributed by atoms with E-state index in [0.717, 1.165) is 19.0 Å². The second-order valence-corrected chi connectivity index (χ2v) is 6.54. The minimum absolute atomic E-state index is 0.485. The molecule has 5 nitrogen and oxygen atoms in total. The fourth-order valence-corrected chi connectivity index (χ4v) is 2.41. The summed E-state index contributed by atoms with van der Waals surface area (Å²) >= 11 is 0. The molecule has 5 heteroatoms. The fourth-order valence-electron chi connectivity index (χ4n) is 2.41. The van der Waals surface area contributed by atoms with E-state index in [-0.39, 0.29) is 0 Å². The van der Waals surface area contributed by atoms with Gasteiger partial charge in [-0.15, -0.1) is 0 Å². The number of hydrogen-bond acceptors (Lipinski definition) is 3. The van der Waals surface area contributed by atoms with Gasteiger partial charge in [-0.3, -0.25) is 9.89 Å². The van der Waals surface area contributed by atoms with Gasteiger partial charge in [0.25, 0.3) is 0 Å². The van der Waals surface area contributed by atoms with E-state index >= 15 is 0 Å². The normalized spacial score (nSPS) is 26.4. The Kier molecular flexibility index (Phi) is 6.76. The third-order valence-electron chi connectivity index (χ3n) is 4.36. The van der Waals surface area contributed by atoms with Gasteiger partial charge in [0.15, 0.2) is 5.96 Å². The van der Waals surface area contributed by atoms with Crippen molar-refractivity contribution in [3.8, 4) is 0 Å². The van der Waals surface area contributed by atoms with Crippen LogP contribution in [0.15, 0.2) is 4.99 Å². The summed E-state index contributed by atoms with van der Waals surface area (Å²) in [5, 5.41) is 6.99. The van der Waals surface area contributed by atoms with Crippen molar-refractivity contribution in [3.63, 3.8) is 0 Å². The number of likely N-dealkylation sites (tertiary alicyclic amines) is 1. The van der Waals surface area contributed by atoms with Gasteiger partial charge < -0.3 is 15.5 Å². The average molecular weight is 283 g/mol. The largest absolute Gasteiger partial charge is 0.355 e. The highest BCUT2D eigenvalue weighted by molar-refractivity contribution is 5.80. The molecular formula is C15H33N5. The summed E-state index contributed by atoms with van der Waals surface area (Å²) in [5.74, 6) is 1.57. The second kappa shape index (κ2) is 7.84. The lowest BCUT2D eigenvalue weighted by Gasteiger charge is -2.24. The molecule has 1 aliphatic heterocycles. The zero-order valence-corrected chi connectivity index (χ0v) is 14.3. The molecular weight excluding hydrogens is 250 g/mol. The number of nitrogens with zero attached hydrogens (tertiary/aromatic N) is 3. The van der Waals surface area contributed by atoms with Crippen molar-refractivity contribution < 1.29 is 0 Å². The first-order chi connectivity index (χ1) is 9.35. The number of hydrogen-bond donors (Lipinski definition) is 2. The predicted molar refractivity (Wildman–Crippen MR) is 87.3 cm³/mol. The summed E-state index contributed by atoms with van der Waals surface area (Å²) in [6, 6.07) is 1.59. The molecule has 0 aromatic heterocycles. The van der Waals surface area contributed by atoms with E-state index in [4.69, 9.17) is 0 Å². The van der Waals surface area contributed by atoms with Crippen molar-refractivity contribution in [2.45, 2.75) is 45.8 Å². The molecule has 0 aliphatic carbocycles. The topological polar surface area (TPSA) is 42.9 Å². The molecule has 1 fully saturated rings. The van der Waals surface area contributed by atoms with Crippen molar-refractivity contribution in [2.75, 3.05) is 40.8 Å². The average Bonchev–Trinajstić information content (AvgIpc) is 2.75. The maximum Gasteiger partial charge on any atom is 0.191 e. The van der Waals surface area contributed by atoms with E-state index in [9.17, 15) is 0 Å². The SMILES string of the molecule is CN=C(NCC(C)N(C)C)NC1CN(C(C)C)CC1C. The first-order valence-electron chi connectivity index (χ1n) is 7.72. The van der Waals surface area contributed by atoms with E-state index < -0.39 is 0 Å². The van der Waals surface area contributed by atoms with Gasteiger partial charge in [0, 0.05) is 44.8 Å². The molecule has 0 radical (unpaired) electrons. The molecule has 1 saturated heterocycles. The summed E-state index contributed by atoms with van der Waals surface area (Å²) in [6.45, 7) is 12.2. The van der Waals surface area contributed by atoms with E-state index in [1.54, 1.807) is 0 Å². The monoisotopic (exact) mass is 283 g/mol. The number of nitrogens with one attached hydrogen (secondary N) is 2. The molecule has 0 aromatic rings. The summed E-state index contributed by atoms with van der Waals surface area (Å²) in [7, 11) is 6.04. The van der Waals surface area contributed by atoms with Gasteiger partial charge in [-0.1, -0.05) is 6.92 Å². The third-order valence-corrected chi connectivity index (χ3v) is 4.36. The highest BCUT2D eigenvalue weighted by Crippen LogP contribution is 2.18. The molecule has 0 saturated carbocycles. The summed E-state index contributed by atoms with van der Waals surface area (Å²) in [6.07, 6.45) is 0. The van der Waals surface area contributed by atoms with E-state index in [1.165, 1.54) is 6.54 Å². The summed E-state index contributed by atoms with van der Waals surface area (Å²) < 4.78 is 0. The van der Waals surface area contributed by atoms with Gasteiger partial charge in [-0.25, -0.2) is 0 Å². The van der Waals surface area contributed by atoms with Crippen molar-refractivity contribution in [2.24, 2.45) is 10.9 Å². The molecule has 3 atom stereocenters. The first-order valence-corrected chi connectivity index (χ1v) is 7.72. The van der Waals surface area contributed by atoms with E-state index in [0.29, 0.717) is 24.0 Å². The van der Waals surface area contributed by atoms with Crippen LogP contribution in [-0.2, 0) is 0 Å². The van der Waals surface area contributed by atoms with Gasteiger partial charge >= 0.3 is 0 Å². The summed E-state index contributed by atoms with van der Waals surface area (Å²) in [5.41, 5.74) is 0. The second-order valence-electron chi connectivity index (χ2n) is 6.54. The number of aliphatic imine (C=N–C) groups is 1. The fraction of sp³-hybridized carbons (Fsp3) is 0.933. The Labute approximate surface area is 124 Å². The van der Waals surface area contributed by atoms with Gasteiger partial charge in [0.05, 0.1) is 0 Å². The number of rotatable bonds is 5. The van der Waals surface area contributed by atoms with Crippen LogP contribution in [0.5, 0.6) is 0 Å². The molecule has 1 aliphatic rings. The maximum absolute atomic E-state index is 4.34. The lowest BCUT2D eigenvalue weighted by molar-refractivity contribution is 0.265. The van der Waals surface area contributed by atoms with Gasteiger partial charge in [0.2, 0.25) is 0 Å². The zero-order chi connectivity index (χ0) is 15.3. The standard InChI is InChI=1S/C15H33N5/c1-11(2)20-9-12(3)14(10-20)18-15(16-5)17-8-13(4)19(6)7/h11-14H,8-10H2,1-7H3,(H2,16,17,18). The molecule has 2 N–H and O–H groups in total. The minimum Gasteiger partial charge on any atom is -0.355 e. The smallest absolute Gasteiger partial charge is 0.191 e. The van der Waals surface area contributed by atoms with Gasteiger partial charge in [0.1, 0.15) is 0 Å². The van der Waals surface area contributed by atoms with Crippen LogP contribution in [0, 0.1) is 5.92 Å². The third kappa shape index (κ3) is 4.94. The predicted octanol–water partition coefficient (Wildman–Crippen LogP) is 0.830. The lowest BCUT2D eigenvalue weighted by atomic mass is 10.1. The molecule has 0 amide bonds. The Morgan fingerprint density at radius 2 is 1.95 bits per heavy atom. The highest BCUT2D eigenvalue weighted by Gasteiger charge is 2.31. The number of likely N-dealkylation sites (N-methyl/N-ethyl adjacent to an activating group) is 1. The molecule has 3 unspecified atom stereocenters. The van der Waals surface area contributed by atoms with Crippen molar-refractivity contribution in [1.29, 1.82) is 0 Å². The van der Waals surface area contributed by atoms with Crippen LogP contribution >= 0.6 is 0 Å². The molecule has 1 rings (SSSR count). The van der Waals surface area contributed by atoms with Gasteiger partial charge in [-0.05, 0) is 40.8 Å². The van der Waals surface area contributed by atoms with Crippen LogP contribution < -0.4 is 10.6 Å². The molecule has 0 spiro atoms. The lowest BCUT2D eigenvalue weighted by Crippen LogP contribution is -2.49. The molecule has 118 valence electrons. The molecule has 20 heavy (non-hydrogen) atoms. The van der Waals surface area contributed by atoms with Crippen LogP contribution in [0.1, 0.15) is 27.7 Å². The Hall–Kier alpha value is -0.810. The van der Waals surface area contributed by atoms with Crippen LogP contribution in [0.4, 0.5) is 0 Å². The Bertz CT molecular complexity index is 313. The van der Waals surface area contributed by atoms with Crippen molar-refractivity contribution in [1.82, 2.24) is 20.4 Å². The highest BCUT2D eigenvalue weighted by atomic mass is 15.3. The van der Waals surface area contributed by atoms with Crippen LogP contribution in [0.2, 0.25) is 0 Å². The van der Waals surface area contributed by atoms with Crippen LogP contribution in [0.25, 0.3) is 0 Å². The Balaban J connectivity index is 2.45. The van der Waals surface area contributed by atoms with Gasteiger partial charge in [-0.2, -0.15) is 0 Å². The summed E-state index contributed by atoms with van der Waals surface area (Å²) in [4.78, 5) is 9.08. The van der Waals surface area contributed by atoms with E-state index in [1.807, 2.05) is 7.05 Å². The van der Waals surface area contributed by atoms with Crippen LogP contribution in [0.3, 0.4) is 0 Å². The maximum atomic E-state index is 4.34. The molecule has 0 bridgehead atoms. The quantitative estimate of drug-likeness (QED) is 0.579. The zero-order valence-electron chi connectivity index (χ0n) is 14.3. The molecule has 0 aromatic carbocycles. The van der Waals surface area contributed by atoms with Crippen molar-refractivity contribution in [3.05, 3.63) is 0 Å². The van der Waals surface area contributed by atoms with E-state index in [2.05, 4.69) is 67.2 Å². The van der Waals surface area contributed by atoms with Crippen molar-refractivity contribution >= 4 is 5.96 Å². The minimum atomic E-state index is 0.485. The Morgan fingerprint density at radius 3 is 2.40 bits per heavy atom. The molecule has 1 heterocycles. The first kappa shape index (κ1) is 17.2. The Morgan fingerprint density at radius 1 is 1.30 bits per heavy atom.